The number of aliphatic hydroxyl groups excluding tert-OH is 1. The molecule has 0 spiro atoms. The first-order chi connectivity index (χ1) is 19.1. The van der Waals surface area contributed by atoms with E-state index in [2.05, 4.69) is 26.3 Å². The molecule has 1 saturated heterocycles. The lowest BCUT2D eigenvalue weighted by Gasteiger charge is -2.27. The second-order valence-corrected chi connectivity index (χ2v) is 11.7. The average Bonchev–Trinajstić information content (AvgIpc) is 3.33. The normalized spacial score (nSPS) is 28.6. The number of aromatic nitrogens is 3. The highest BCUT2D eigenvalue weighted by Crippen LogP contribution is 2.38. The number of pyridine rings is 1. The molecule has 3 aliphatic rings. The molecule has 1 aliphatic heterocycles. The molecule has 8 nitrogen and oxygen atoms in total. The van der Waals surface area contributed by atoms with Gasteiger partial charge in [-0.05, 0) is 64.2 Å². The lowest BCUT2D eigenvalue weighted by molar-refractivity contribution is -0.136. The van der Waals surface area contributed by atoms with E-state index in [-0.39, 0.29) is 36.2 Å². The zero-order chi connectivity index (χ0) is 28.3. The van der Waals surface area contributed by atoms with Crippen molar-refractivity contribution in [3.8, 4) is 5.88 Å². The second-order valence-electron chi connectivity index (χ2n) is 11.7. The van der Waals surface area contributed by atoms with Gasteiger partial charge in [0.1, 0.15) is 6.10 Å². The largest absolute Gasteiger partial charge is 0.473 e. The Morgan fingerprint density at radius 2 is 1.98 bits per heavy atom. The average molecular weight is 564 g/mol. The summed E-state index contributed by atoms with van der Waals surface area (Å²) in [6, 6.07) is -0.923. The molecule has 11 heteroatoms. The number of anilines is 1. The molecule has 4 atom stereocenters. The van der Waals surface area contributed by atoms with Crippen molar-refractivity contribution in [1.82, 2.24) is 15.0 Å². The van der Waals surface area contributed by atoms with Gasteiger partial charge in [0.05, 0.1) is 29.5 Å². The Labute approximate surface area is 233 Å². The van der Waals surface area contributed by atoms with Gasteiger partial charge in [-0.25, -0.2) is 15.0 Å². The first-order valence-corrected chi connectivity index (χ1v) is 14.5. The van der Waals surface area contributed by atoms with Crippen molar-refractivity contribution in [3.63, 3.8) is 0 Å². The van der Waals surface area contributed by atoms with E-state index >= 15 is 0 Å². The van der Waals surface area contributed by atoms with E-state index in [1.807, 2.05) is 0 Å². The van der Waals surface area contributed by atoms with Crippen LogP contribution in [-0.4, -0.2) is 63.2 Å². The Hall–Kier alpha value is -2.50. The lowest BCUT2D eigenvalue weighted by atomic mass is 9.83. The van der Waals surface area contributed by atoms with Crippen molar-refractivity contribution in [2.75, 3.05) is 11.9 Å². The highest BCUT2D eigenvalue weighted by Gasteiger charge is 2.31. The van der Waals surface area contributed by atoms with Gasteiger partial charge in [-0.1, -0.05) is 11.6 Å². The van der Waals surface area contributed by atoms with Gasteiger partial charge in [0, 0.05) is 49.5 Å². The number of halogens is 3. The SMILES string of the molecule is C[C@@H](CC(F)(F)F)Nc1ncc2c(O[C@H]3CC=C(C[C@H]4CCCO4)C[C@@H](N)C3)ncc(C3CCC(O)CC3)c2n1. The topological polar surface area (TPSA) is 115 Å². The first kappa shape index (κ1) is 29.0. The molecular formula is C29H40F3N5O3. The number of nitrogens with two attached hydrogens (primary N) is 1. The standard InChI is InChI=1S/C29H40F3N5O3/c1-17(14-29(30,31)32)36-28-35-16-25-26(37-28)24(19-5-7-21(38)8-6-19)15-34-27(25)40-23-9-4-18(11-20(33)13-23)12-22-3-2-10-39-22/h4,15-17,19-23,38H,2-3,5-14,33H2,1H3,(H,35,36,37)/t17-,19?,20+,21?,22+,23-/m0/s1. The van der Waals surface area contributed by atoms with Crippen LogP contribution in [0.25, 0.3) is 10.9 Å². The van der Waals surface area contributed by atoms with E-state index in [4.69, 9.17) is 15.2 Å². The summed E-state index contributed by atoms with van der Waals surface area (Å²) in [6.07, 6.45) is 8.31. The summed E-state index contributed by atoms with van der Waals surface area (Å²) >= 11 is 0. The summed E-state index contributed by atoms with van der Waals surface area (Å²) in [5.74, 6) is 0.673. The molecule has 220 valence electrons. The maximum atomic E-state index is 12.9. The van der Waals surface area contributed by atoms with E-state index in [1.165, 1.54) is 12.5 Å². The van der Waals surface area contributed by atoms with Crippen LogP contribution in [0.1, 0.15) is 89.0 Å². The molecule has 0 aromatic carbocycles. The van der Waals surface area contributed by atoms with Crippen molar-refractivity contribution in [1.29, 1.82) is 0 Å². The number of hydrogen-bond acceptors (Lipinski definition) is 8. The third-order valence-corrected chi connectivity index (χ3v) is 8.21. The van der Waals surface area contributed by atoms with E-state index < -0.39 is 18.6 Å². The molecule has 40 heavy (non-hydrogen) atoms. The highest BCUT2D eigenvalue weighted by atomic mass is 19.4. The quantitative estimate of drug-likeness (QED) is 0.358. The molecule has 0 amide bonds. The number of alkyl halides is 3. The number of nitrogens with zero attached hydrogens (tertiary/aromatic N) is 3. The van der Waals surface area contributed by atoms with E-state index in [0.717, 1.165) is 50.7 Å². The lowest BCUT2D eigenvalue weighted by Crippen LogP contribution is -2.28. The summed E-state index contributed by atoms with van der Waals surface area (Å²) in [7, 11) is 0. The van der Waals surface area contributed by atoms with Gasteiger partial charge < -0.3 is 25.6 Å². The van der Waals surface area contributed by atoms with Gasteiger partial charge in [0.2, 0.25) is 11.8 Å². The Morgan fingerprint density at radius 1 is 1.18 bits per heavy atom. The third-order valence-electron chi connectivity index (χ3n) is 8.21. The highest BCUT2D eigenvalue weighted by molar-refractivity contribution is 5.86. The summed E-state index contributed by atoms with van der Waals surface area (Å²) in [5.41, 5.74) is 9.32. The molecule has 4 N–H and O–H groups in total. The van der Waals surface area contributed by atoms with Crippen LogP contribution in [0.5, 0.6) is 5.88 Å². The Kier molecular flexibility index (Phi) is 9.11. The van der Waals surface area contributed by atoms with Crippen LogP contribution >= 0.6 is 0 Å². The van der Waals surface area contributed by atoms with Crippen molar-refractivity contribution in [2.45, 2.75) is 120 Å². The van der Waals surface area contributed by atoms with Crippen molar-refractivity contribution in [3.05, 3.63) is 29.6 Å². The van der Waals surface area contributed by atoms with Crippen molar-refractivity contribution in [2.24, 2.45) is 5.73 Å². The second kappa shape index (κ2) is 12.6. The molecule has 2 fully saturated rings. The van der Waals surface area contributed by atoms with Crippen molar-refractivity contribution >= 4 is 16.9 Å². The fourth-order valence-corrected chi connectivity index (χ4v) is 6.24. The van der Waals surface area contributed by atoms with E-state index in [0.29, 0.717) is 42.5 Å². The van der Waals surface area contributed by atoms with E-state index in [1.54, 1.807) is 12.4 Å². The Morgan fingerprint density at radius 3 is 2.70 bits per heavy atom. The zero-order valence-electron chi connectivity index (χ0n) is 23.0. The van der Waals surface area contributed by atoms with Gasteiger partial charge in [-0.15, -0.1) is 0 Å². The van der Waals surface area contributed by atoms with Crippen LogP contribution in [0, 0.1) is 0 Å². The smallest absolute Gasteiger partial charge is 0.391 e. The number of hydrogen-bond donors (Lipinski definition) is 3. The summed E-state index contributed by atoms with van der Waals surface area (Å²) < 4.78 is 51.0. The Balaban J connectivity index is 1.39. The maximum Gasteiger partial charge on any atom is 0.391 e. The predicted octanol–water partition coefficient (Wildman–Crippen LogP) is 5.55. The van der Waals surface area contributed by atoms with E-state index in [9.17, 15) is 18.3 Å². The fourth-order valence-electron chi connectivity index (χ4n) is 6.24. The van der Waals surface area contributed by atoms with Crippen LogP contribution in [0.4, 0.5) is 19.1 Å². The van der Waals surface area contributed by atoms with Gasteiger partial charge in [-0.3, -0.25) is 0 Å². The maximum absolute atomic E-state index is 12.9. The number of nitrogens with one attached hydrogen (secondary N) is 1. The van der Waals surface area contributed by atoms with Crippen LogP contribution in [0.2, 0.25) is 0 Å². The molecule has 2 aromatic rings. The molecule has 2 aromatic heterocycles. The number of rotatable bonds is 8. The first-order valence-electron chi connectivity index (χ1n) is 14.5. The van der Waals surface area contributed by atoms with Crippen LogP contribution in [0.3, 0.4) is 0 Å². The predicted molar refractivity (Wildman–Crippen MR) is 146 cm³/mol. The number of ether oxygens (including phenoxy) is 2. The Bertz CT molecular complexity index is 1180. The molecule has 0 bridgehead atoms. The molecule has 0 radical (unpaired) electrons. The van der Waals surface area contributed by atoms with Crippen LogP contribution in [-0.2, 0) is 4.74 Å². The molecule has 5 rings (SSSR count). The zero-order valence-corrected chi connectivity index (χ0v) is 23.0. The minimum absolute atomic E-state index is 0.0403. The molecule has 2 aliphatic carbocycles. The van der Waals surface area contributed by atoms with Crippen molar-refractivity contribution < 1.29 is 27.8 Å². The molecule has 1 saturated carbocycles. The molecule has 0 unspecified atom stereocenters. The minimum atomic E-state index is -4.29. The summed E-state index contributed by atoms with van der Waals surface area (Å²) in [5, 5.41) is 13.4. The minimum Gasteiger partial charge on any atom is -0.473 e. The van der Waals surface area contributed by atoms with Crippen LogP contribution < -0.4 is 15.8 Å². The number of aliphatic hydroxyl groups is 1. The van der Waals surface area contributed by atoms with Gasteiger partial charge in [0.25, 0.3) is 0 Å². The monoisotopic (exact) mass is 563 g/mol. The number of fused-ring (bicyclic) bond motifs is 1. The van der Waals surface area contributed by atoms with Gasteiger partial charge >= 0.3 is 6.18 Å². The van der Waals surface area contributed by atoms with Gasteiger partial charge in [-0.2, -0.15) is 13.2 Å². The summed E-state index contributed by atoms with van der Waals surface area (Å²) in [6.45, 7) is 2.29. The summed E-state index contributed by atoms with van der Waals surface area (Å²) in [4.78, 5) is 13.7. The third kappa shape index (κ3) is 7.61. The molecular weight excluding hydrogens is 523 g/mol. The van der Waals surface area contributed by atoms with Gasteiger partial charge in [0.15, 0.2) is 0 Å². The fraction of sp³-hybridized carbons (Fsp3) is 0.690. The van der Waals surface area contributed by atoms with Crippen LogP contribution in [0.15, 0.2) is 24.0 Å². The molecule has 3 heterocycles.